The summed E-state index contributed by atoms with van der Waals surface area (Å²) in [6.45, 7) is 1.69. The van der Waals surface area contributed by atoms with Crippen molar-refractivity contribution in [2.24, 2.45) is 0 Å². The number of nitrogens with zero attached hydrogens (tertiary/aromatic N) is 1. The highest BCUT2D eigenvalue weighted by molar-refractivity contribution is 6.49. The average molecular weight is 228 g/mol. The lowest BCUT2D eigenvalue weighted by Crippen LogP contribution is -1.93. The number of rotatable bonds is 2. The monoisotopic (exact) mass is 227 g/mol. The second-order valence-corrected chi connectivity index (χ2v) is 3.23. The lowest BCUT2D eigenvalue weighted by molar-refractivity contribution is 0.578. The maximum atomic E-state index is 13.3. The van der Waals surface area contributed by atoms with Crippen molar-refractivity contribution in [2.45, 2.75) is 13.3 Å². The highest BCUT2D eigenvalue weighted by atomic mass is 35.5. The van der Waals surface area contributed by atoms with E-state index in [0.717, 1.165) is 12.1 Å². The SMILES string of the molecule is CC/C(C#N)=C(/Cl)c1c(F)cccc1F. The summed E-state index contributed by atoms with van der Waals surface area (Å²) in [7, 11) is 0. The molecule has 0 unspecified atom stereocenters. The third-order valence-electron chi connectivity index (χ3n) is 1.94. The van der Waals surface area contributed by atoms with Crippen LogP contribution in [0.25, 0.3) is 5.03 Å². The van der Waals surface area contributed by atoms with E-state index >= 15 is 0 Å². The minimum Gasteiger partial charge on any atom is -0.206 e. The van der Waals surface area contributed by atoms with Crippen LogP contribution in [0.2, 0.25) is 0 Å². The van der Waals surface area contributed by atoms with Crippen LogP contribution >= 0.6 is 11.6 Å². The summed E-state index contributed by atoms with van der Waals surface area (Å²) in [4.78, 5) is 0. The van der Waals surface area contributed by atoms with Crippen LogP contribution in [0.15, 0.2) is 23.8 Å². The molecule has 0 saturated carbocycles. The fourth-order valence-corrected chi connectivity index (χ4v) is 1.50. The van der Waals surface area contributed by atoms with E-state index in [-0.39, 0.29) is 16.2 Å². The zero-order valence-corrected chi connectivity index (χ0v) is 8.78. The molecule has 0 atom stereocenters. The molecule has 1 aromatic rings. The number of halogens is 3. The molecular formula is C11H8ClF2N. The zero-order chi connectivity index (χ0) is 11.4. The molecule has 0 heterocycles. The van der Waals surface area contributed by atoms with Gasteiger partial charge in [0.15, 0.2) is 0 Å². The van der Waals surface area contributed by atoms with E-state index in [1.165, 1.54) is 6.07 Å². The van der Waals surface area contributed by atoms with E-state index in [1.807, 2.05) is 6.07 Å². The van der Waals surface area contributed by atoms with Gasteiger partial charge in [0.1, 0.15) is 11.6 Å². The number of nitriles is 1. The molecule has 0 amide bonds. The third kappa shape index (κ3) is 2.34. The number of benzene rings is 1. The molecule has 0 radical (unpaired) electrons. The molecule has 15 heavy (non-hydrogen) atoms. The van der Waals surface area contributed by atoms with Crippen molar-refractivity contribution < 1.29 is 8.78 Å². The van der Waals surface area contributed by atoms with Crippen LogP contribution in [0.5, 0.6) is 0 Å². The molecule has 0 N–H and O–H groups in total. The van der Waals surface area contributed by atoms with Crippen molar-refractivity contribution in [3.8, 4) is 6.07 Å². The van der Waals surface area contributed by atoms with Gasteiger partial charge in [0, 0.05) is 5.57 Å². The first-order valence-corrected chi connectivity index (χ1v) is 4.72. The van der Waals surface area contributed by atoms with E-state index in [2.05, 4.69) is 0 Å². The lowest BCUT2D eigenvalue weighted by Gasteiger charge is -2.04. The van der Waals surface area contributed by atoms with E-state index < -0.39 is 11.6 Å². The topological polar surface area (TPSA) is 23.8 Å². The summed E-state index contributed by atoms with van der Waals surface area (Å²) in [6, 6.07) is 5.27. The van der Waals surface area contributed by atoms with Crippen LogP contribution in [0.4, 0.5) is 8.78 Å². The lowest BCUT2D eigenvalue weighted by atomic mass is 10.1. The second kappa shape index (κ2) is 4.90. The fourth-order valence-electron chi connectivity index (χ4n) is 1.14. The molecule has 0 aromatic heterocycles. The quantitative estimate of drug-likeness (QED) is 0.704. The fraction of sp³-hybridized carbons (Fsp3) is 0.182. The third-order valence-corrected chi connectivity index (χ3v) is 2.35. The normalized spacial score (nSPS) is 11.9. The molecule has 0 aliphatic rings. The molecule has 0 bridgehead atoms. The Hall–Kier alpha value is -1.40. The minimum atomic E-state index is -0.763. The molecule has 1 aromatic carbocycles. The molecule has 1 rings (SSSR count). The molecule has 0 fully saturated rings. The van der Waals surface area contributed by atoms with Gasteiger partial charge in [-0.05, 0) is 18.6 Å². The van der Waals surface area contributed by atoms with Crippen molar-refractivity contribution in [1.29, 1.82) is 5.26 Å². The standard InChI is InChI=1S/C11H8ClF2N/c1-2-7(6-15)11(12)10-8(13)4-3-5-9(10)14/h3-5H,2H2,1H3/b11-7-. The Morgan fingerprint density at radius 2 is 1.93 bits per heavy atom. The highest BCUT2D eigenvalue weighted by Crippen LogP contribution is 2.28. The number of hydrogen-bond acceptors (Lipinski definition) is 1. The van der Waals surface area contributed by atoms with Gasteiger partial charge in [-0.15, -0.1) is 0 Å². The van der Waals surface area contributed by atoms with E-state index in [9.17, 15) is 8.78 Å². The Labute approximate surface area is 91.6 Å². The maximum absolute atomic E-state index is 13.3. The molecular weight excluding hydrogens is 220 g/mol. The van der Waals surface area contributed by atoms with Crippen LogP contribution in [0.1, 0.15) is 18.9 Å². The van der Waals surface area contributed by atoms with Gasteiger partial charge < -0.3 is 0 Å². The van der Waals surface area contributed by atoms with E-state index in [0.29, 0.717) is 6.42 Å². The van der Waals surface area contributed by atoms with Gasteiger partial charge in [-0.25, -0.2) is 8.78 Å². The Balaban J connectivity index is 3.41. The van der Waals surface area contributed by atoms with Crippen molar-refractivity contribution in [2.75, 3.05) is 0 Å². The van der Waals surface area contributed by atoms with Crippen molar-refractivity contribution in [3.63, 3.8) is 0 Å². The molecule has 0 saturated heterocycles. The maximum Gasteiger partial charge on any atom is 0.134 e. The smallest absolute Gasteiger partial charge is 0.134 e. The average Bonchev–Trinajstić information content (AvgIpc) is 2.19. The first-order chi connectivity index (χ1) is 7.11. The van der Waals surface area contributed by atoms with Gasteiger partial charge in [-0.2, -0.15) is 5.26 Å². The van der Waals surface area contributed by atoms with E-state index in [4.69, 9.17) is 16.9 Å². The molecule has 1 nitrogen and oxygen atoms in total. The highest BCUT2D eigenvalue weighted by Gasteiger charge is 2.14. The van der Waals surface area contributed by atoms with Gasteiger partial charge in [-0.1, -0.05) is 24.6 Å². The molecule has 0 spiro atoms. The summed E-state index contributed by atoms with van der Waals surface area (Å²) < 4.78 is 26.5. The van der Waals surface area contributed by atoms with Crippen LogP contribution in [-0.2, 0) is 0 Å². The predicted octanol–water partition coefficient (Wildman–Crippen LogP) is 3.85. The summed E-state index contributed by atoms with van der Waals surface area (Å²) in [5, 5.41) is 8.55. The van der Waals surface area contributed by atoms with Crippen LogP contribution < -0.4 is 0 Å². The summed E-state index contributed by atoms with van der Waals surface area (Å²) in [6.07, 6.45) is 0.336. The summed E-state index contributed by atoms with van der Waals surface area (Å²) >= 11 is 5.76. The van der Waals surface area contributed by atoms with Crippen molar-refractivity contribution in [1.82, 2.24) is 0 Å². The van der Waals surface area contributed by atoms with Gasteiger partial charge in [0.05, 0.1) is 16.7 Å². The first-order valence-electron chi connectivity index (χ1n) is 4.35. The van der Waals surface area contributed by atoms with Crippen LogP contribution in [0.3, 0.4) is 0 Å². The van der Waals surface area contributed by atoms with Gasteiger partial charge in [0.2, 0.25) is 0 Å². The zero-order valence-electron chi connectivity index (χ0n) is 8.02. The summed E-state index contributed by atoms with van der Waals surface area (Å²) in [5.41, 5.74) is -0.168. The van der Waals surface area contributed by atoms with Crippen LogP contribution in [0, 0.1) is 23.0 Å². The Kier molecular flexibility index (Phi) is 3.81. The predicted molar refractivity (Wildman–Crippen MR) is 55.0 cm³/mol. The number of hydrogen-bond donors (Lipinski definition) is 0. The molecule has 4 heteroatoms. The minimum absolute atomic E-state index is 0.157. The first kappa shape index (κ1) is 11.7. The van der Waals surface area contributed by atoms with Crippen LogP contribution in [-0.4, -0.2) is 0 Å². The second-order valence-electron chi connectivity index (χ2n) is 2.85. The number of allylic oxidation sites excluding steroid dienone is 1. The largest absolute Gasteiger partial charge is 0.206 e. The molecule has 0 aliphatic heterocycles. The van der Waals surface area contributed by atoms with Gasteiger partial charge >= 0.3 is 0 Å². The van der Waals surface area contributed by atoms with Crippen molar-refractivity contribution in [3.05, 3.63) is 41.0 Å². The Morgan fingerprint density at radius 3 is 2.33 bits per heavy atom. The molecule has 78 valence electrons. The van der Waals surface area contributed by atoms with Gasteiger partial charge in [-0.3, -0.25) is 0 Å². The Bertz CT molecular complexity index is 426. The Morgan fingerprint density at radius 1 is 1.40 bits per heavy atom. The van der Waals surface area contributed by atoms with Gasteiger partial charge in [0.25, 0.3) is 0 Å². The van der Waals surface area contributed by atoms with E-state index in [1.54, 1.807) is 6.92 Å². The molecule has 0 aliphatic carbocycles. The van der Waals surface area contributed by atoms with Crippen molar-refractivity contribution >= 4 is 16.6 Å². The summed E-state index contributed by atoms with van der Waals surface area (Å²) in [5.74, 6) is -1.53.